The molecule has 1 aliphatic carbocycles. The number of aryl methyl sites for hydroxylation is 3. The predicted octanol–water partition coefficient (Wildman–Crippen LogP) is 7.66. The van der Waals surface area contributed by atoms with Gasteiger partial charge in [-0.15, -0.1) is 23.1 Å². The first-order valence-electron chi connectivity index (χ1n) is 13.5. The number of aromatic nitrogens is 4. The number of nitrogens with zero attached hydrogens (tertiary/aromatic N) is 4. The van der Waals surface area contributed by atoms with Crippen molar-refractivity contribution in [2.24, 2.45) is 5.92 Å². The van der Waals surface area contributed by atoms with Gasteiger partial charge in [-0.05, 0) is 75.3 Å². The molecule has 0 aliphatic heterocycles. The molecular weight excluding hydrogens is 515 g/mol. The number of thioether (sulfide) groups is 1. The summed E-state index contributed by atoms with van der Waals surface area (Å²) in [5.74, 6) is 2.91. The Morgan fingerprint density at radius 1 is 1.13 bits per heavy atom. The van der Waals surface area contributed by atoms with E-state index in [1.165, 1.54) is 12.8 Å². The monoisotopic (exact) mass is 550 g/mol. The average Bonchev–Trinajstić information content (AvgIpc) is 3.61. The highest BCUT2D eigenvalue weighted by Gasteiger charge is 2.24. The van der Waals surface area contributed by atoms with Gasteiger partial charge in [0.25, 0.3) is 0 Å². The van der Waals surface area contributed by atoms with E-state index in [0.717, 1.165) is 74.4 Å². The van der Waals surface area contributed by atoms with E-state index >= 15 is 0 Å². The van der Waals surface area contributed by atoms with Crippen molar-refractivity contribution in [2.45, 2.75) is 70.7 Å². The van der Waals surface area contributed by atoms with Gasteiger partial charge in [-0.2, -0.15) is 4.98 Å². The third kappa shape index (κ3) is 6.26. The first-order valence-corrected chi connectivity index (χ1v) is 15.3. The van der Waals surface area contributed by atoms with Crippen molar-refractivity contribution in [1.29, 1.82) is 0 Å². The molecule has 1 saturated carbocycles. The maximum absolute atomic E-state index is 13.6. The molecule has 38 heavy (non-hydrogen) atoms. The van der Waals surface area contributed by atoms with Gasteiger partial charge in [-0.25, -0.2) is 14.4 Å². The molecule has 6 nitrogen and oxygen atoms in total. The van der Waals surface area contributed by atoms with Crippen LogP contribution in [-0.4, -0.2) is 38.3 Å². The Hall–Kier alpha value is -2.78. The van der Waals surface area contributed by atoms with E-state index in [1.807, 2.05) is 38.2 Å². The number of rotatable bonds is 12. The van der Waals surface area contributed by atoms with E-state index in [1.54, 1.807) is 29.2 Å². The van der Waals surface area contributed by atoms with Gasteiger partial charge in [-0.3, -0.25) is 4.98 Å². The zero-order chi connectivity index (χ0) is 26.6. The van der Waals surface area contributed by atoms with Crippen LogP contribution in [0.1, 0.15) is 56.5 Å². The van der Waals surface area contributed by atoms with E-state index in [-0.39, 0.29) is 5.82 Å². The second kappa shape index (κ2) is 11.9. The highest BCUT2D eigenvalue weighted by atomic mass is 32.2. The molecule has 0 spiro atoms. The fourth-order valence-corrected chi connectivity index (χ4v) is 6.76. The lowest BCUT2D eigenvalue weighted by atomic mass is 10.1. The highest BCUT2D eigenvalue weighted by Crippen LogP contribution is 2.37. The van der Waals surface area contributed by atoms with Crippen molar-refractivity contribution in [1.82, 2.24) is 19.9 Å². The molecule has 3 heterocycles. The van der Waals surface area contributed by atoms with E-state index in [2.05, 4.69) is 29.5 Å². The van der Waals surface area contributed by atoms with Crippen LogP contribution < -0.4 is 10.6 Å². The van der Waals surface area contributed by atoms with Gasteiger partial charge >= 0.3 is 0 Å². The fourth-order valence-electron chi connectivity index (χ4n) is 4.43. The Morgan fingerprint density at radius 2 is 1.97 bits per heavy atom. The summed E-state index contributed by atoms with van der Waals surface area (Å²) in [7, 11) is 0. The van der Waals surface area contributed by atoms with Crippen LogP contribution in [0.2, 0.25) is 0 Å². The summed E-state index contributed by atoms with van der Waals surface area (Å²) in [6, 6.07) is 7.89. The lowest BCUT2D eigenvalue weighted by Gasteiger charge is -2.17. The van der Waals surface area contributed by atoms with Crippen molar-refractivity contribution in [3.8, 4) is 10.6 Å². The summed E-state index contributed by atoms with van der Waals surface area (Å²) in [5, 5.41) is 8.02. The SMILES string of the molecule is CCc1nccc2sc(-c3c(C)nc(NC4CC4)nc3NCC[C@H](CC)CSc3ccc(F)c(C)c3)nc12. The van der Waals surface area contributed by atoms with Gasteiger partial charge < -0.3 is 10.6 Å². The molecule has 9 heteroatoms. The molecule has 1 aliphatic rings. The van der Waals surface area contributed by atoms with Crippen LogP contribution in [0, 0.1) is 25.6 Å². The number of benzene rings is 1. The fraction of sp³-hybridized carbons (Fsp3) is 0.448. The Bertz CT molecular complexity index is 1420. The second-order valence-electron chi connectivity index (χ2n) is 9.96. The Kier molecular flexibility index (Phi) is 8.43. The lowest BCUT2D eigenvalue weighted by molar-refractivity contribution is 0.540. The lowest BCUT2D eigenvalue weighted by Crippen LogP contribution is -2.14. The molecule has 2 N–H and O–H groups in total. The molecule has 1 aromatic carbocycles. The van der Waals surface area contributed by atoms with Crippen LogP contribution in [0.5, 0.6) is 0 Å². The zero-order valence-electron chi connectivity index (χ0n) is 22.5. The maximum Gasteiger partial charge on any atom is 0.225 e. The number of nitrogens with one attached hydrogen (secondary N) is 2. The third-order valence-corrected chi connectivity index (χ3v) is 9.23. The number of fused-ring (bicyclic) bond motifs is 1. The van der Waals surface area contributed by atoms with Gasteiger partial charge in [0.2, 0.25) is 5.95 Å². The number of hydrogen-bond acceptors (Lipinski definition) is 8. The summed E-state index contributed by atoms with van der Waals surface area (Å²) >= 11 is 3.47. The molecule has 1 fully saturated rings. The second-order valence-corrected chi connectivity index (χ2v) is 12.1. The molecule has 1 atom stereocenters. The van der Waals surface area contributed by atoms with E-state index in [9.17, 15) is 4.39 Å². The quantitative estimate of drug-likeness (QED) is 0.175. The van der Waals surface area contributed by atoms with Crippen LogP contribution in [0.15, 0.2) is 35.4 Å². The smallest absolute Gasteiger partial charge is 0.225 e. The topological polar surface area (TPSA) is 75.6 Å². The van der Waals surface area contributed by atoms with E-state index in [4.69, 9.17) is 15.0 Å². The minimum atomic E-state index is -0.146. The standard InChI is InChI=1S/C29H35FN6S2/c1-5-19(16-37-21-9-10-22(30)17(3)15-21)11-13-32-27-25(18(4)33-29(36-27)34-20-7-8-20)28-35-26-23(6-2)31-14-12-24(26)38-28/h9-10,12,14-15,19-20H,5-8,11,13,16H2,1-4H3,(H2,32,33,34,36)/t19-/m0/s1. The summed E-state index contributed by atoms with van der Waals surface area (Å²) in [5.41, 5.74) is 4.58. The van der Waals surface area contributed by atoms with Crippen LogP contribution in [0.4, 0.5) is 16.2 Å². The molecule has 4 aromatic rings. The molecule has 0 bridgehead atoms. The summed E-state index contributed by atoms with van der Waals surface area (Å²) in [4.78, 5) is 20.4. The Morgan fingerprint density at radius 3 is 2.71 bits per heavy atom. The van der Waals surface area contributed by atoms with Crippen LogP contribution in [-0.2, 0) is 6.42 Å². The largest absolute Gasteiger partial charge is 0.369 e. The van der Waals surface area contributed by atoms with E-state index in [0.29, 0.717) is 23.5 Å². The normalized spacial score (nSPS) is 14.1. The van der Waals surface area contributed by atoms with Crippen LogP contribution in [0.25, 0.3) is 20.8 Å². The van der Waals surface area contributed by atoms with Gasteiger partial charge in [-0.1, -0.05) is 20.3 Å². The van der Waals surface area contributed by atoms with Gasteiger partial charge in [0.1, 0.15) is 22.2 Å². The van der Waals surface area contributed by atoms with Crippen molar-refractivity contribution in [3.63, 3.8) is 0 Å². The molecule has 3 aromatic heterocycles. The number of pyridine rings is 1. The highest BCUT2D eigenvalue weighted by molar-refractivity contribution is 7.99. The Balaban J connectivity index is 1.33. The van der Waals surface area contributed by atoms with Gasteiger partial charge in [0.05, 0.1) is 21.7 Å². The number of hydrogen-bond donors (Lipinski definition) is 2. The summed E-state index contributed by atoms with van der Waals surface area (Å²) < 4.78 is 14.8. The summed E-state index contributed by atoms with van der Waals surface area (Å²) in [6.45, 7) is 9.01. The van der Waals surface area contributed by atoms with Crippen LogP contribution in [0.3, 0.4) is 0 Å². The molecule has 0 saturated heterocycles. The van der Waals surface area contributed by atoms with Gasteiger partial charge in [0.15, 0.2) is 0 Å². The molecule has 0 unspecified atom stereocenters. The minimum absolute atomic E-state index is 0.146. The van der Waals surface area contributed by atoms with Crippen molar-refractivity contribution in [3.05, 3.63) is 53.2 Å². The molecular formula is C29H35FN6S2. The maximum atomic E-state index is 13.6. The first kappa shape index (κ1) is 26.8. The van der Waals surface area contributed by atoms with Gasteiger partial charge in [0, 0.05) is 29.4 Å². The predicted molar refractivity (Wildman–Crippen MR) is 158 cm³/mol. The van der Waals surface area contributed by atoms with Crippen molar-refractivity contribution < 1.29 is 4.39 Å². The minimum Gasteiger partial charge on any atom is -0.369 e. The molecule has 0 amide bonds. The molecule has 200 valence electrons. The van der Waals surface area contributed by atoms with Crippen LogP contribution >= 0.6 is 23.1 Å². The number of halogens is 1. The Labute approximate surface area is 232 Å². The van der Waals surface area contributed by atoms with Crippen molar-refractivity contribution >= 4 is 45.1 Å². The third-order valence-electron chi connectivity index (χ3n) is 6.97. The molecule has 0 radical (unpaired) electrons. The van der Waals surface area contributed by atoms with E-state index < -0.39 is 0 Å². The first-order chi connectivity index (χ1) is 18.4. The zero-order valence-corrected chi connectivity index (χ0v) is 24.1. The number of thiazole rings is 1. The number of anilines is 2. The summed E-state index contributed by atoms with van der Waals surface area (Å²) in [6.07, 6.45) is 7.15. The average molecular weight is 551 g/mol. The van der Waals surface area contributed by atoms with Crippen molar-refractivity contribution in [2.75, 3.05) is 22.9 Å². The molecule has 5 rings (SSSR count).